The first-order valence-electron chi connectivity index (χ1n) is 8.19. The molecule has 1 aliphatic rings. The summed E-state index contributed by atoms with van der Waals surface area (Å²) in [5.41, 5.74) is 3.44. The van der Waals surface area contributed by atoms with Gasteiger partial charge in [0.2, 0.25) is 0 Å². The fourth-order valence-electron chi connectivity index (χ4n) is 3.17. The van der Waals surface area contributed by atoms with Gasteiger partial charge in [-0.1, -0.05) is 18.2 Å². The lowest BCUT2D eigenvalue weighted by atomic mass is 9.96. The zero-order valence-electron chi connectivity index (χ0n) is 14.0. The van der Waals surface area contributed by atoms with Gasteiger partial charge in [0.15, 0.2) is 0 Å². The molecular weight excluding hydrogens is 326 g/mol. The molecule has 2 aromatic rings. The summed E-state index contributed by atoms with van der Waals surface area (Å²) in [7, 11) is 0. The first kappa shape index (κ1) is 16.8. The molecule has 3 rings (SSSR count). The molecule has 0 radical (unpaired) electrons. The van der Waals surface area contributed by atoms with Crippen molar-refractivity contribution in [3.8, 4) is 5.75 Å². The summed E-state index contributed by atoms with van der Waals surface area (Å²) in [6.07, 6.45) is 0.917. The van der Waals surface area contributed by atoms with Crippen LogP contribution < -0.4 is 10.1 Å². The Labute approximate surface area is 147 Å². The molecule has 128 valence electrons. The van der Waals surface area contributed by atoms with Gasteiger partial charge in [-0.25, -0.2) is 0 Å². The summed E-state index contributed by atoms with van der Waals surface area (Å²) in [6.45, 7) is 5.58. The van der Waals surface area contributed by atoms with Crippen LogP contribution in [0.5, 0.6) is 5.75 Å². The van der Waals surface area contributed by atoms with Gasteiger partial charge in [-0.15, -0.1) is 11.6 Å². The highest BCUT2D eigenvalue weighted by Gasteiger charge is 2.22. The number of hydrogen-bond donors (Lipinski definition) is 1. The third kappa shape index (κ3) is 3.41. The molecule has 0 spiro atoms. The van der Waals surface area contributed by atoms with Crippen LogP contribution in [0.4, 0.5) is 0 Å². The van der Waals surface area contributed by atoms with Gasteiger partial charge in [0, 0.05) is 24.0 Å². The minimum absolute atomic E-state index is 0.0790. The Kier molecular flexibility index (Phi) is 5.09. The highest BCUT2D eigenvalue weighted by atomic mass is 35.5. The van der Waals surface area contributed by atoms with Crippen molar-refractivity contribution in [2.24, 2.45) is 5.92 Å². The number of nitrogens with one attached hydrogen (secondary N) is 1. The second kappa shape index (κ2) is 7.26. The number of benzene rings is 1. The van der Waals surface area contributed by atoms with Gasteiger partial charge in [-0.05, 0) is 31.9 Å². The molecule has 1 amide bonds. The van der Waals surface area contributed by atoms with E-state index in [2.05, 4.69) is 16.5 Å². The molecule has 0 fully saturated rings. The number of aryl methyl sites for hydroxylation is 2. The summed E-state index contributed by atoms with van der Waals surface area (Å²) < 4.78 is 7.56. The van der Waals surface area contributed by atoms with Crippen molar-refractivity contribution in [2.75, 3.05) is 19.0 Å². The van der Waals surface area contributed by atoms with E-state index in [1.165, 1.54) is 5.56 Å². The molecular formula is C18H22ClN3O2. The normalized spacial score (nSPS) is 16.4. The maximum Gasteiger partial charge on any atom is 0.255 e. The number of ether oxygens (including phenoxy) is 1. The third-order valence-corrected chi connectivity index (χ3v) is 4.58. The lowest BCUT2D eigenvalue weighted by Gasteiger charge is -2.25. The van der Waals surface area contributed by atoms with Crippen LogP contribution in [0.1, 0.15) is 27.3 Å². The highest BCUT2D eigenvalue weighted by Crippen LogP contribution is 2.26. The number of carbonyl (C=O) groups is 1. The average Bonchev–Trinajstić information content (AvgIpc) is 2.87. The van der Waals surface area contributed by atoms with Crippen LogP contribution in [0.2, 0.25) is 0 Å². The van der Waals surface area contributed by atoms with Gasteiger partial charge >= 0.3 is 0 Å². The van der Waals surface area contributed by atoms with Gasteiger partial charge in [0.05, 0.1) is 24.4 Å². The first-order chi connectivity index (χ1) is 11.6. The lowest BCUT2D eigenvalue weighted by Crippen LogP contribution is -2.35. The molecule has 2 heterocycles. The smallest absolute Gasteiger partial charge is 0.255 e. The fraction of sp³-hybridized carbons (Fsp3) is 0.444. The highest BCUT2D eigenvalue weighted by molar-refractivity contribution is 6.17. The zero-order valence-corrected chi connectivity index (χ0v) is 14.8. The summed E-state index contributed by atoms with van der Waals surface area (Å²) in [5, 5.41) is 7.42. The predicted molar refractivity (Wildman–Crippen MR) is 93.9 cm³/mol. The van der Waals surface area contributed by atoms with Crippen molar-refractivity contribution >= 4 is 17.5 Å². The summed E-state index contributed by atoms with van der Waals surface area (Å²) in [6, 6.07) is 8.06. The van der Waals surface area contributed by atoms with Crippen LogP contribution in [-0.2, 0) is 13.0 Å². The van der Waals surface area contributed by atoms with E-state index >= 15 is 0 Å². The van der Waals surface area contributed by atoms with E-state index in [1.54, 1.807) is 4.68 Å². The van der Waals surface area contributed by atoms with Crippen molar-refractivity contribution < 1.29 is 9.53 Å². The van der Waals surface area contributed by atoms with Gasteiger partial charge in [0.25, 0.3) is 5.91 Å². The Morgan fingerprint density at radius 1 is 1.42 bits per heavy atom. The molecule has 1 aliphatic heterocycles. The van der Waals surface area contributed by atoms with Crippen LogP contribution in [-0.4, -0.2) is 34.7 Å². The number of carbonyl (C=O) groups excluding carboxylic acids is 1. The van der Waals surface area contributed by atoms with Crippen LogP contribution in [0.25, 0.3) is 0 Å². The van der Waals surface area contributed by atoms with E-state index in [9.17, 15) is 4.79 Å². The summed E-state index contributed by atoms with van der Waals surface area (Å²) in [4.78, 5) is 12.6. The van der Waals surface area contributed by atoms with Crippen LogP contribution in [0.3, 0.4) is 0 Å². The Balaban J connectivity index is 1.63. The van der Waals surface area contributed by atoms with Crippen molar-refractivity contribution in [3.63, 3.8) is 0 Å². The lowest BCUT2D eigenvalue weighted by molar-refractivity contribution is 0.0937. The van der Waals surface area contributed by atoms with Crippen LogP contribution in [0, 0.1) is 19.8 Å². The van der Waals surface area contributed by atoms with E-state index in [1.807, 2.05) is 32.0 Å². The Bertz CT molecular complexity index is 742. The molecule has 1 aromatic carbocycles. The minimum Gasteiger partial charge on any atom is -0.493 e. The number of alkyl halides is 1. The molecule has 0 unspecified atom stereocenters. The van der Waals surface area contributed by atoms with Crippen molar-refractivity contribution in [1.82, 2.24) is 15.1 Å². The van der Waals surface area contributed by atoms with Gasteiger partial charge in [0.1, 0.15) is 5.75 Å². The monoisotopic (exact) mass is 347 g/mol. The molecule has 5 nitrogen and oxygen atoms in total. The summed E-state index contributed by atoms with van der Waals surface area (Å²) in [5.74, 6) is 1.63. The molecule has 1 N–H and O–H groups in total. The van der Waals surface area contributed by atoms with Crippen molar-refractivity contribution in [1.29, 1.82) is 0 Å². The quantitative estimate of drug-likeness (QED) is 0.846. The fourth-order valence-corrected chi connectivity index (χ4v) is 3.33. The molecule has 0 saturated carbocycles. The van der Waals surface area contributed by atoms with Crippen molar-refractivity contribution in [2.45, 2.75) is 26.8 Å². The maximum atomic E-state index is 12.6. The molecule has 24 heavy (non-hydrogen) atoms. The Morgan fingerprint density at radius 2 is 2.21 bits per heavy atom. The largest absolute Gasteiger partial charge is 0.493 e. The summed E-state index contributed by atoms with van der Waals surface area (Å²) >= 11 is 5.78. The number of aromatic nitrogens is 2. The molecule has 6 heteroatoms. The number of amides is 1. The SMILES string of the molecule is Cc1nn(CCCl)c(C)c1C(=O)NC[C@H]1COc2ccccc2C1. The molecule has 0 bridgehead atoms. The second-order valence-electron chi connectivity index (χ2n) is 6.16. The van der Waals surface area contributed by atoms with Crippen LogP contribution in [0.15, 0.2) is 24.3 Å². The second-order valence-corrected chi connectivity index (χ2v) is 6.53. The topological polar surface area (TPSA) is 56.2 Å². The number of fused-ring (bicyclic) bond motifs is 1. The van der Waals surface area contributed by atoms with E-state index in [0.717, 1.165) is 23.6 Å². The standard InChI is InChI=1S/C18H22ClN3O2/c1-12-17(13(2)22(21-12)8-7-19)18(23)20-10-14-9-15-5-3-4-6-16(15)24-11-14/h3-6,14H,7-11H2,1-2H3,(H,20,23)/t14-/m0/s1. The van der Waals surface area contributed by atoms with Gasteiger partial charge in [-0.2, -0.15) is 5.10 Å². The van der Waals surface area contributed by atoms with Crippen LogP contribution >= 0.6 is 11.6 Å². The molecule has 1 aromatic heterocycles. The van der Waals surface area contributed by atoms with Crippen molar-refractivity contribution in [3.05, 3.63) is 46.8 Å². The van der Waals surface area contributed by atoms with E-state index in [-0.39, 0.29) is 11.8 Å². The van der Waals surface area contributed by atoms with E-state index in [4.69, 9.17) is 16.3 Å². The average molecular weight is 348 g/mol. The maximum absolute atomic E-state index is 12.6. The third-order valence-electron chi connectivity index (χ3n) is 4.41. The predicted octanol–water partition coefficient (Wildman–Crippen LogP) is 2.72. The molecule has 1 atom stereocenters. The first-order valence-corrected chi connectivity index (χ1v) is 8.72. The zero-order chi connectivity index (χ0) is 17.1. The Hall–Kier alpha value is -2.01. The minimum atomic E-state index is -0.0790. The number of para-hydroxylation sites is 1. The Morgan fingerprint density at radius 3 is 3.00 bits per heavy atom. The number of nitrogens with zero attached hydrogens (tertiary/aromatic N) is 2. The number of rotatable bonds is 5. The number of halogens is 1. The molecule has 0 saturated heterocycles. The van der Waals surface area contributed by atoms with E-state index in [0.29, 0.717) is 31.1 Å². The van der Waals surface area contributed by atoms with E-state index < -0.39 is 0 Å². The van der Waals surface area contributed by atoms with Gasteiger partial charge in [-0.3, -0.25) is 9.48 Å². The molecule has 0 aliphatic carbocycles. The van der Waals surface area contributed by atoms with Gasteiger partial charge < -0.3 is 10.1 Å². The number of hydrogen-bond acceptors (Lipinski definition) is 3.